The molecule has 1 amide bonds. The van der Waals surface area contributed by atoms with Gasteiger partial charge in [-0.1, -0.05) is 66.9 Å². The van der Waals surface area contributed by atoms with Crippen LogP contribution in [0.3, 0.4) is 0 Å². The normalized spacial score (nSPS) is 42.8. The van der Waals surface area contributed by atoms with Crippen molar-refractivity contribution >= 4 is 23.6 Å². The smallest absolute Gasteiger partial charge is 0.303 e. The lowest BCUT2D eigenvalue weighted by Crippen LogP contribution is -2.66. The number of carboxylic acids is 1. The average Bonchev–Trinajstić information content (AvgIpc) is 2.95. The molecule has 5 aliphatic carbocycles. The Hall–Kier alpha value is -2.18. The number of fused-ring (bicyclic) bond motifs is 7. The maximum Gasteiger partial charge on any atom is 0.303 e. The summed E-state index contributed by atoms with van der Waals surface area (Å²) in [4.78, 5) is 51.1. The molecule has 0 aromatic carbocycles. The van der Waals surface area contributed by atoms with Crippen molar-refractivity contribution in [2.45, 2.75) is 151 Å². The third-order valence-corrected chi connectivity index (χ3v) is 15.0. The van der Waals surface area contributed by atoms with Crippen molar-refractivity contribution in [2.24, 2.45) is 50.2 Å². The monoisotopic (exact) mass is 639 g/mol. The van der Waals surface area contributed by atoms with Crippen LogP contribution in [0.5, 0.6) is 0 Å². The molecular formula is C39H61NO6. The largest absolute Gasteiger partial charge is 0.481 e. The molecule has 0 aliphatic heterocycles. The lowest BCUT2D eigenvalue weighted by molar-refractivity contribution is -0.210. The van der Waals surface area contributed by atoms with Gasteiger partial charge < -0.3 is 15.2 Å². The number of carbonyl (C=O) groups is 4. The maximum atomic E-state index is 14.6. The third kappa shape index (κ3) is 5.57. The van der Waals surface area contributed by atoms with Gasteiger partial charge in [-0.25, -0.2) is 0 Å². The van der Waals surface area contributed by atoms with Crippen molar-refractivity contribution in [3.63, 3.8) is 0 Å². The fourth-order valence-electron chi connectivity index (χ4n) is 11.9. The summed E-state index contributed by atoms with van der Waals surface area (Å²) >= 11 is 0. The number of hydrogen-bond donors (Lipinski definition) is 2. The van der Waals surface area contributed by atoms with E-state index in [2.05, 4.69) is 59.9 Å². The first-order chi connectivity index (χ1) is 21.3. The van der Waals surface area contributed by atoms with Crippen LogP contribution < -0.4 is 5.32 Å². The van der Waals surface area contributed by atoms with Gasteiger partial charge in [-0.05, 0) is 110 Å². The van der Waals surface area contributed by atoms with Gasteiger partial charge in [0.25, 0.3) is 0 Å². The van der Waals surface area contributed by atoms with Crippen molar-refractivity contribution in [1.29, 1.82) is 0 Å². The standard InChI is InChI=1S/C39H61NO6/c1-25(41)46-30-15-16-37(6)29(34(30,2)3)14-17-39(8)32(37)28(42)23-26-27-24-36(5,19-18-35(27,4)20-21-38(26,39)7)33(45)40-22-12-10-9-11-13-31(43)44/h23,27,29-30,32H,9-22,24H2,1-8H3,(H,40,45)(H,43,44)/t27-,29-,30-,32+,35+,36-,37-,38+,39+/m0/s1. The Morgan fingerprint density at radius 3 is 2.24 bits per heavy atom. The topological polar surface area (TPSA) is 110 Å². The second-order valence-corrected chi connectivity index (χ2v) is 18.0. The number of allylic oxidation sites excluding steroid dienone is 2. The Bertz CT molecular complexity index is 1290. The predicted octanol–water partition coefficient (Wildman–Crippen LogP) is 8.05. The van der Waals surface area contributed by atoms with Gasteiger partial charge in [-0.2, -0.15) is 0 Å². The van der Waals surface area contributed by atoms with E-state index in [1.165, 1.54) is 12.5 Å². The highest BCUT2D eigenvalue weighted by Gasteiger charge is 2.70. The summed E-state index contributed by atoms with van der Waals surface area (Å²) in [5.74, 6) is -0.128. The maximum absolute atomic E-state index is 14.6. The quantitative estimate of drug-likeness (QED) is 0.195. The van der Waals surface area contributed by atoms with Crippen molar-refractivity contribution < 1.29 is 29.0 Å². The number of unbranched alkanes of at least 4 members (excludes halogenated alkanes) is 3. The molecule has 0 aromatic heterocycles. The first-order valence-corrected chi connectivity index (χ1v) is 18.3. The van der Waals surface area contributed by atoms with E-state index in [0.29, 0.717) is 18.9 Å². The summed E-state index contributed by atoms with van der Waals surface area (Å²) in [5, 5.41) is 12.1. The fraction of sp³-hybridized carbons (Fsp3) is 0.846. The average molecular weight is 640 g/mol. The highest BCUT2D eigenvalue weighted by Crippen LogP contribution is 2.75. The van der Waals surface area contributed by atoms with Crippen LogP contribution in [0, 0.1) is 50.2 Å². The molecule has 5 aliphatic rings. The molecule has 5 rings (SSSR count). The molecule has 9 atom stereocenters. The molecule has 258 valence electrons. The number of ketones is 1. The SMILES string of the molecule is CC(=O)O[C@H]1CC[C@]2(C)[C@H]3C(=O)C=C4[C@@H]5C[C@@](C)(C(=O)NCCCCCCC(=O)O)CC[C@]5(C)CC[C@@]4(C)[C@]3(C)CC[C@H]2C1(C)C. The molecular weight excluding hydrogens is 578 g/mol. The van der Waals surface area contributed by atoms with Gasteiger partial charge in [0.05, 0.1) is 0 Å². The van der Waals surface area contributed by atoms with Crippen LogP contribution in [0.4, 0.5) is 0 Å². The van der Waals surface area contributed by atoms with E-state index < -0.39 is 11.4 Å². The summed E-state index contributed by atoms with van der Waals surface area (Å²) in [7, 11) is 0. The predicted molar refractivity (Wildman–Crippen MR) is 179 cm³/mol. The first-order valence-electron chi connectivity index (χ1n) is 18.3. The van der Waals surface area contributed by atoms with Gasteiger partial charge >= 0.3 is 11.9 Å². The third-order valence-electron chi connectivity index (χ3n) is 15.0. The van der Waals surface area contributed by atoms with Crippen LogP contribution in [-0.2, 0) is 23.9 Å². The number of rotatable bonds is 9. The second kappa shape index (κ2) is 12.1. The van der Waals surface area contributed by atoms with Crippen molar-refractivity contribution in [3.05, 3.63) is 11.6 Å². The Morgan fingerprint density at radius 1 is 0.891 bits per heavy atom. The van der Waals surface area contributed by atoms with Gasteiger partial charge in [-0.15, -0.1) is 0 Å². The van der Waals surface area contributed by atoms with Crippen molar-refractivity contribution in [1.82, 2.24) is 5.32 Å². The number of hydrogen-bond acceptors (Lipinski definition) is 5. The minimum Gasteiger partial charge on any atom is -0.481 e. The molecule has 0 spiro atoms. The lowest BCUT2D eigenvalue weighted by atomic mass is 9.33. The Balaban J connectivity index is 1.37. The van der Waals surface area contributed by atoms with E-state index in [1.54, 1.807) is 0 Å². The van der Waals surface area contributed by atoms with Crippen LogP contribution in [-0.4, -0.2) is 41.4 Å². The summed E-state index contributed by atoms with van der Waals surface area (Å²) in [6.07, 6.45) is 14.0. The Labute approximate surface area is 277 Å². The van der Waals surface area contributed by atoms with E-state index in [-0.39, 0.29) is 69.1 Å². The van der Waals surface area contributed by atoms with Crippen LogP contribution in [0.25, 0.3) is 0 Å². The van der Waals surface area contributed by atoms with Gasteiger partial charge in [0.15, 0.2) is 5.78 Å². The summed E-state index contributed by atoms with van der Waals surface area (Å²) < 4.78 is 5.87. The molecule has 4 saturated carbocycles. The summed E-state index contributed by atoms with van der Waals surface area (Å²) in [6.45, 7) is 18.4. The molecule has 0 unspecified atom stereocenters. The Morgan fingerprint density at radius 2 is 1.57 bits per heavy atom. The summed E-state index contributed by atoms with van der Waals surface area (Å²) in [6, 6.07) is 0. The van der Waals surface area contributed by atoms with E-state index in [4.69, 9.17) is 9.84 Å². The van der Waals surface area contributed by atoms with Crippen LogP contribution in [0.15, 0.2) is 11.6 Å². The molecule has 4 fully saturated rings. The van der Waals surface area contributed by atoms with Crippen LogP contribution >= 0.6 is 0 Å². The molecule has 2 N–H and O–H groups in total. The second-order valence-electron chi connectivity index (χ2n) is 18.0. The number of nitrogens with one attached hydrogen (secondary N) is 1. The summed E-state index contributed by atoms with van der Waals surface area (Å²) in [5.41, 5.74) is 0.294. The molecule has 0 aromatic rings. The molecule has 0 heterocycles. The highest BCUT2D eigenvalue weighted by atomic mass is 16.5. The van der Waals surface area contributed by atoms with Gasteiger partial charge in [-0.3, -0.25) is 19.2 Å². The number of carboxylic acid groups (broad SMARTS) is 1. The zero-order valence-corrected chi connectivity index (χ0v) is 30.0. The molecule has 0 bridgehead atoms. The minimum absolute atomic E-state index is 0.0665. The number of carbonyl (C=O) groups excluding carboxylic acids is 3. The molecule has 7 nitrogen and oxygen atoms in total. The molecule has 0 saturated heterocycles. The van der Waals surface area contributed by atoms with Crippen LogP contribution in [0.2, 0.25) is 0 Å². The highest BCUT2D eigenvalue weighted by molar-refractivity contribution is 5.95. The first kappa shape index (κ1) is 35.1. The zero-order valence-electron chi connectivity index (χ0n) is 30.0. The van der Waals surface area contributed by atoms with Crippen molar-refractivity contribution in [3.8, 4) is 0 Å². The van der Waals surface area contributed by atoms with E-state index in [0.717, 1.165) is 77.0 Å². The number of aliphatic carboxylic acids is 1. The van der Waals surface area contributed by atoms with Crippen molar-refractivity contribution in [2.75, 3.05) is 6.54 Å². The molecule has 46 heavy (non-hydrogen) atoms. The zero-order chi connectivity index (χ0) is 33.9. The lowest BCUT2D eigenvalue weighted by Gasteiger charge is -2.70. The van der Waals surface area contributed by atoms with Gasteiger partial charge in [0.1, 0.15) is 6.10 Å². The van der Waals surface area contributed by atoms with Gasteiger partial charge in [0.2, 0.25) is 5.91 Å². The molecule has 7 heteroatoms. The number of ether oxygens (including phenoxy) is 1. The van der Waals surface area contributed by atoms with E-state index >= 15 is 0 Å². The minimum atomic E-state index is -0.752. The van der Waals surface area contributed by atoms with E-state index in [9.17, 15) is 19.2 Å². The van der Waals surface area contributed by atoms with Gasteiger partial charge in [0, 0.05) is 36.6 Å². The van der Waals surface area contributed by atoms with E-state index in [1.807, 2.05) is 0 Å². The number of amides is 1. The fourth-order valence-corrected chi connectivity index (χ4v) is 11.9. The van der Waals surface area contributed by atoms with Crippen LogP contribution in [0.1, 0.15) is 145 Å². The number of esters is 1. The Kier molecular flexibility index (Phi) is 9.21. The molecule has 0 radical (unpaired) electrons.